The maximum absolute atomic E-state index is 9.57. The molecule has 1 aliphatic heterocycles. The molecule has 2 aromatic carbocycles. The Labute approximate surface area is 153 Å². The van der Waals surface area contributed by atoms with Gasteiger partial charge >= 0.3 is 0 Å². The molecule has 26 heavy (non-hydrogen) atoms. The third kappa shape index (κ3) is 3.16. The lowest BCUT2D eigenvalue weighted by molar-refractivity contribution is 0.208. The number of imidazole rings is 1. The van der Waals surface area contributed by atoms with Gasteiger partial charge in [-0.15, -0.1) is 0 Å². The van der Waals surface area contributed by atoms with E-state index in [9.17, 15) is 5.11 Å². The summed E-state index contributed by atoms with van der Waals surface area (Å²) >= 11 is 0. The van der Waals surface area contributed by atoms with Crippen molar-refractivity contribution in [1.29, 1.82) is 5.26 Å². The standard InChI is InChI=1S/C21H22N4O/c22-12-16-7-9-17(10-8-16)14-25-20-6-2-1-5-19(20)23-21(25)24-11-3-4-18(13-24)15-26/h1-2,5-10,18,26H,3-4,11,13-15H2/t18-/m0/s1. The van der Waals surface area contributed by atoms with Crippen molar-refractivity contribution in [1.82, 2.24) is 9.55 Å². The van der Waals surface area contributed by atoms with Gasteiger partial charge in [0.1, 0.15) is 0 Å². The van der Waals surface area contributed by atoms with Crippen molar-refractivity contribution >= 4 is 17.0 Å². The molecule has 0 spiro atoms. The molecule has 0 radical (unpaired) electrons. The number of hydrogen-bond donors (Lipinski definition) is 1. The molecule has 1 aliphatic rings. The van der Waals surface area contributed by atoms with Gasteiger partial charge in [0.25, 0.3) is 0 Å². The summed E-state index contributed by atoms with van der Waals surface area (Å²) in [7, 11) is 0. The van der Waals surface area contributed by atoms with E-state index in [1.165, 1.54) is 0 Å². The molecule has 1 N–H and O–H groups in total. The lowest BCUT2D eigenvalue weighted by atomic mass is 9.99. The summed E-state index contributed by atoms with van der Waals surface area (Å²) in [6, 6.07) is 18.1. The van der Waals surface area contributed by atoms with E-state index in [0.29, 0.717) is 18.0 Å². The van der Waals surface area contributed by atoms with Crippen molar-refractivity contribution in [2.45, 2.75) is 19.4 Å². The zero-order valence-corrected chi connectivity index (χ0v) is 14.7. The Kier molecular flexibility index (Phi) is 4.59. The van der Waals surface area contributed by atoms with E-state index in [1.54, 1.807) is 0 Å². The summed E-state index contributed by atoms with van der Waals surface area (Å²) in [5, 5.41) is 18.6. The Bertz CT molecular complexity index is 939. The quantitative estimate of drug-likeness (QED) is 0.788. The van der Waals surface area contributed by atoms with Crippen LogP contribution in [-0.2, 0) is 6.54 Å². The third-order valence-electron chi connectivity index (χ3n) is 5.12. The summed E-state index contributed by atoms with van der Waals surface area (Å²) in [6.45, 7) is 2.74. The first-order valence-corrected chi connectivity index (χ1v) is 9.08. The molecule has 132 valence electrons. The lowest BCUT2D eigenvalue weighted by Crippen LogP contribution is -2.38. The molecular formula is C21H22N4O. The smallest absolute Gasteiger partial charge is 0.206 e. The highest BCUT2D eigenvalue weighted by Gasteiger charge is 2.24. The van der Waals surface area contributed by atoms with Crippen LogP contribution in [0.3, 0.4) is 0 Å². The van der Waals surface area contributed by atoms with Gasteiger partial charge in [-0.25, -0.2) is 4.98 Å². The number of nitrogens with zero attached hydrogens (tertiary/aromatic N) is 4. The second kappa shape index (κ2) is 7.19. The van der Waals surface area contributed by atoms with Crippen LogP contribution in [0.1, 0.15) is 24.0 Å². The normalized spacial score (nSPS) is 17.4. The first-order valence-electron chi connectivity index (χ1n) is 9.08. The third-order valence-corrected chi connectivity index (χ3v) is 5.12. The summed E-state index contributed by atoms with van der Waals surface area (Å²) < 4.78 is 2.25. The number of aliphatic hydroxyl groups excluding tert-OH is 1. The maximum atomic E-state index is 9.57. The molecule has 0 saturated carbocycles. The van der Waals surface area contributed by atoms with Crippen molar-refractivity contribution in [3.05, 3.63) is 59.7 Å². The largest absolute Gasteiger partial charge is 0.396 e. The summed E-state index contributed by atoms with van der Waals surface area (Å²) in [5.41, 5.74) is 3.91. The van der Waals surface area contributed by atoms with Crippen LogP contribution < -0.4 is 4.90 Å². The number of aromatic nitrogens is 2. The van der Waals surface area contributed by atoms with E-state index >= 15 is 0 Å². The van der Waals surface area contributed by atoms with Crippen LogP contribution in [0.2, 0.25) is 0 Å². The molecule has 0 aliphatic carbocycles. The Hall–Kier alpha value is -2.84. The molecule has 0 bridgehead atoms. The molecule has 1 atom stereocenters. The number of para-hydroxylation sites is 2. The second-order valence-electron chi connectivity index (χ2n) is 6.93. The van der Waals surface area contributed by atoms with Crippen LogP contribution in [-0.4, -0.2) is 34.4 Å². The van der Waals surface area contributed by atoms with Crippen molar-refractivity contribution in [3.63, 3.8) is 0 Å². The molecule has 0 amide bonds. The average molecular weight is 346 g/mol. The SMILES string of the molecule is N#Cc1ccc(Cn2c(N3CCC[C@H](CO)C3)nc3ccccc32)cc1. The molecular weight excluding hydrogens is 324 g/mol. The van der Waals surface area contributed by atoms with Crippen molar-refractivity contribution in [3.8, 4) is 6.07 Å². The van der Waals surface area contributed by atoms with Gasteiger partial charge in [0.15, 0.2) is 0 Å². The predicted molar refractivity (Wildman–Crippen MR) is 102 cm³/mol. The molecule has 5 heteroatoms. The number of nitriles is 1. The van der Waals surface area contributed by atoms with Crippen LogP contribution in [0.15, 0.2) is 48.5 Å². The number of hydrogen-bond acceptors (Lipinski definition) is 4. The van der Waals surface area contributed by atoms with Crippen molar-refractivity contribution < 1.29 is 5.11 Å². The predicted octanol–water partition coefficient (Wildman–Crippen LogP) is 3.16. The molecule has 1 saturated heterocycles. The fourth-order valence-corrected chi connectivity index (χ4v) is 3.72. The van der Waals surface area contributed by atoms with Crippen molar-refractivity contribution in [2.24, 2.45) is 5.92 Å². The van der Waals surface area contributed by atoms with Gasteiger partial charge in [-0.3, -0.25) is 0 Å². The summed E-state index contributed by atoms with van der Waals surface area (Å²) in [6.07, 6.45) is 2.15. The average Bonchev–Trinajstić information content (AvgIpc) is 3.07. The van der Waals surface area contributed by atoms with Gasteiger partial charge in [-0.2, -0.15) is 5.26 Å². The van der Waals surface area contributed by atoms with Gasteiger partial charge in [0.2, 0.25) is 5.95 Å². The van der Waals surface area contributed by atoms with Crippen LogP contribution in [0.4, 0.5) is 5.95 Å². The Morgan fingerprint density at radius 2 is 1.96 bits per heavy atom. The van der Waals surface area contributed by atoms with Crippen LogP contribution in [0.25, 0.3) is 11.0 Å². The minimum Gasteiger partial charge on any atom is -0.396 e. The summed E-state index contributed by atoms with van der Waals surface area (Å²) in [4.78, 5) is 7.19. The minimum atomic E-state index is 0.229. The van der Waals surface area contributed by atoms with E-state index in [1.807, 2.05) is 42.5 Å². The van der Waals surface area contributed by atoms with Crippen LogP contribution in [0.5, 0.6) is 0 Å². The molecule has 1 fully saturated rings. The molecule has 0 unspecified atom stereocenters. The number of fused-ring (bicyclic) bond motifs is 1. The van der Waals surface area contributed by atoms with Gasteiger partial charge in [-0.05, 0) is 48.6 Å². The zero-order chi connectivity index (χ0) is 17.9. The van der Waals surface area contributed by atoms with E-state index in [4.69, 9.17) is 10.2 Å². The van der Waals surface area contributed by atoms with Gasteiger partial charge in [-0.1, -0.05) is 24.3 Å². The van der Waals surface area contributed by atoms with Crippen LogP contribution >= 0.6 is 0 Å². The van der Waals surface area contributed by atoms with Gasteiger partial charge in [0.05, 0.1) is 29.2 Å². The highest BCUT2D eigenvalue weighted by Crippen LogP contribution is 2.27. The minimum absolute atomic E-state index is 0.229. The molecule has 5 nitrogen and oxygen atoms in total. The lowest BCUT2D eigenvalue weighted by Gasteiger charge is -2.33. The van der Waals surface area contributed by atoms with E-state index in [2.05, 4.69) is 21.6 Å². The first kappa shape index (κ1) is 16.6. The number of aliphatic hydroxyl groups is 1. The highest BCUT2D eigenvalue weighted by molar-refractivity contribution is 5.79. The number of anilines is 1. The molecule has 2 heterocycles. The first-order chi connectivity index (χ1) is 12.8. The molecule has 4 rings (SSSR count). The zero-order valence-electron chi connectivity index (χ0n) is 14.7. The second-order valence-corrected chi connectivity index (χ2v) is 6.93. The fourth-order valence-electron chi connectivity index (χ4n) is 3.72. The van der Waals surface area contributed by atoms with Gasteiger partial charge in [0, 0.05) is 19.7 Å². The number of rotatable bonds is 4. The van der Waals surface area contributed by atoms with E-state index < -0.39 is 0 Å². The van der Waals surface area contributed by atoms with Gasteiger partial charge < -0.3 is 14.6 Å². The van der Waals surface area contributed by atoms with Crippen LogP contribution in [0, 0.1) is 17.2 Å². The number of piperidine rings is 1. The van der Waals surface area contributed by atoms with E-state index in [-0.39, 0.29) is 6.61 Å². The fraction of sp³-hybridized carbons (Fsp3) is 0.333. The monoisotopic (exact) mass is 346 g/mol. The molecule has 1 aromatic heterocycles. The maximum Gasteiger partial charge on any atom is 0.206 e. The molecule has 3 aromatic rings. The topological polar surface area (TPSA) is 65.1 Å². The Morgan fingerprint density at radius 1 is 1.15 bits per heavy atom. The number of benzene rings is 2. The summed E-state index contributed by atoms with van der Waals surface area (Å²) in [5.74, 6) is 1.28. The van der Waals surface area contributed by atoms with Crippen molar-refractivity contribution in [2.75, 3.05) is 24.6 Å². The Morgan fingerprint density at radius 3 is 2.73 bits per heavy atom. The Balaban J connectivity index is 1.72. The van der Waals surface area contributed by atoms with E-state index in [0.717, 1.165) is 48.5 Å². The highest BCUT2D eigenvalue weighted by atomic mass is 16.3.